The predicted octanol–water partition coefficient (Wildman–Crippen LogP) is 3.94. The van der Waals surface area contributed by atoms with Crippen LogP contribution in [0.4, 0.5) is 0 Å². The Morgan fingerprint density at radius 2 is 2.11 bits per heavy atom. The van der Waals surface area contributed by atoms with Crippen LogP contribution in [0.3, 0.4) is 0 Å². The Kier molecular flexibility index (Phi) is 5.71. The molecule has 1 atom stereocenters. The first-order valence-electron chi connectivity index (χ1n) is 7.80. The highest BCUT2D eigenvalue weighted by atomic mass is 16.5. The third-order valence-corrected chi connectivity index (χ3v) is 3.64. The molecule has 1 aromatic rings. The molecule has 1 saturated carbocycles. The summed E-state index contributed by atoms with van der Waals surface area (Å²) in [4.78, 5) is 0. The SMILES string of the molecule is CCCC(CCc1cccc(OC2CC2)c1)NCC. The van der Waals surface area contributed by atoms with Gasteiger partial charge in [-0.25, -0.2) is 0 Å². The number of aryl methyl sites for hydroxylation is 1. The molecule has 0 radical (unpaired) electrons. The number of ether oxygens (including phenoxy) is 1. The van der Waals surface area contributed by atoms with E-state index >= 15 is 0 Å². The predicted molar refractivity (Wildman–Crippen MR) is 80.8 cm³/mol. The molecule has 0 spiro atoms. The molecule has 1 aliphatic rings. The lowest BCUT2D eigenvalue weighted by Crippen LogP contribution is -2.29. The fraction of sp³-hybridized carbons (Fsp3) is 0.647. The van der Waals surface area contributed by atoms with Crippen molar-refractivity contribution in [3.05, 3.63) is 29.8 Å². The molecule has 1 N–H and O–H groups in total. The first-order chi connectivity index (χ1) is 9.31. The van der Waals surface area contributed by atoms with Crippen LogP contribution >= 0.6 is 0 Å². The van der Waals surface area contributed by atoms with Gasteiger partial charge < -0.3 is 10.1 Å². The van der Waals surface area contributed by atoms with Crippen molar-refractivity contribution in [2.45, 2.75) is 64.5 Å². The fourth-order valence-electron chi connectivity index (χ4n) is 2.48. The summed E-state index contributed by atoms with van der Waals surface area (Å²) in [5, 5.41) is 3.58. The van der Waals surface area contributed by atoms with Gasteiger partial charge in [0, 0.05) is 6.04 Å². The maximum Gasteiger partial charge on any atom is 0.119 e. The number of benzene rings is 1. The van der Waals surface area contributed by atoms with Crippen LogP contribution in [-0.2, 0) is 6.42 Å². The quantitative estimate of drug-likeness (QED) is 0.727. The van der Waals surface area contributed by atoms with Gasteiger partial charge in [0.25, 0.3) is 0 Å². The molecule has 2 rings (SSSR count). The van der Waals surface area contributed by atoms with E-state index in [0.29, 0.717) is 12.1 Å². The first kappa shape index (κ1) is 14.4. The molecular formula is C17H27NO. The summed E-state index contributed by atoms with van der Waals surface area (Å²) < 4.78 is 5.85. The molecular weight excluding hydrogens is 234 g/mol. The molecule has 2 nitrogen and oxygen atoms in total. The summed E-state index contributed by atoms with van der Waals surface area (Å²) in [5.41, 5.74) is 1.40. The van der Waals surface area contributed by atoms with Gasteiger partial charge in [0.2, 0.25) is 0 Å². The Morgan fingerprint density at radius 1 is 1.26 bits per heavy atom. The van der Waals surface area contributed by atoms with Crippen molar-refractivity contribution in [1.29, 1.82) is 0 Å². The Hall–Kier alpha value is -1.02. The largest absolute Gasteiger partial charge is 0.490 e. The lowest BCUT2D eigenvalue weighted by Gasteiger charge is -2.17. The van der Waals surface area contributed by atoms with Gasteiger partial charge >= 0.3 is 0 Å². The van der Waals surface area contributed by atoms with E-state index in [9.17, 15) is 0 Å². The van der Waals surface area contributed by atoms with Crippen molar-refractivity contribution in [1.82, 2.24) is 5.32 Å². The zero-order chi connectivity index (χ0) is 13.5. The second kappa shape index (κ2) is 7.54. The van der Waals surface area contributed by atoms with Crippen LogP contribution in [0.15, 0.2) is 24.3 Å². The summed E-state index contributed by atoms with van der Waals surface area (Å²) in [6.07, 6.45) is 7.82. The Balaban J connectivity index is 1.83. The molecule has 0 amide bonds. The van der Waals surface area contributed by atoms with Crippen molar-refractivity contribution in [3.63, 3.8) is 0 Å². The molecule has 19 heavy (non-hydrogen) atoms. The highest BCUT2D eigenvalue weighted by Crippen LogP contribution is 2.27. The van der Waals surface area contributed by atoms with Crippen LogP contribution in [0, 0.1) is 0 Å². The number of hydrogen-bond acceptors (Lipinski definition) is 2. The molecule has 1 fully saturated rings. The maximum absolute atomic E-state index is 5.85. The highest BCUT2D eigenvalue weighted by Gasteiger charge is 2.23. The van der Waals surface area contributed by atoms with E-state index in [-0.39, 0.29) is 0 Å². The first-order valence-corrected chi connectivity index (χ1v) is 7.80. The van der Waals surface area contributed by atoms with Crippen molar-refractivity contribution in [2.24, 2.45) is 0 Å². The van der Waals surface area contributed by atoms with Crippen molar-refractivity contribution < 1.29 is 4.74 Å². The fourth-order valence-corrected chi connectivity index (χ4v) is 2.48. The average Bonchev–Trinajstić information content (AvgIpc) is 3.21. The van der Waals surface area contributed by atoms with Crippen LogP contribution < -0.4 is 10.1 Å². The van der Waals surface area contributed by atoms with Gasteiger partial charge in [0.1, 0.15) is 5.75 Å². The van der Waals surface area contributed by atoms with Crippen LogP contribution in [0.25, 0.3) is 0 Å². The van der Waals surface area contributed by atoms with Crippen molar-refractivity contribution in [3.8, 4) is 5.75 Å². The lowest BCUT2D eigenvalue weighted by atomic mass is 10.0. The van der Waals surface area contributed by atoms with Gasteiger partial charge in [-0.1, -0.05) is 32.4 Å². The molecule has 0 aromatic heterocycles. The Bertz CT molecular complexity index is 367. The van der Waals surface area contributed by atoms with Crippen LogP contribution in [0.1, 0.15) is 51.5 Å². The topological polar surface area (TPSA) is 21.3 Å². The minimum atomic E-state index is 0.491. The zero-order valence-electron chi connectivity index (χ0n) is 12.3. The van der Waals surface area contributed by atoms with Gasteiger partial charge in [-0.2, -0.15) is 0 Å². The maximum atomic E-state index is 5.85. The van der Waals surface area contributed by atoms with Crippen LogP contribution in [0.5, 0.6) is 5.75 Å². The lowest BCUT2D eigenvalue weighted by molar-refractivity contribution is 0.303. The summed E-state index contributed by atoms with van der Waals surface area (Å²) in [6.45, 7) is 5.51. The van der Waals surface area contributed by atoms with Gasteiger partial charge in [0.15, 0.2) is 0 Å². The molecule has 106 valence electrons. The monoisotopic (exact) mass is 261 g/mol. The van der Waals surface area contributed by atoms with E-state index in [2.05, 4.69) is 43.4 Å². The summed E-state index contributed by atoms with van der Waals surface area (Å²) in [6, 6.07) is 9.29. The number of rotatable bonds is 9. The van der Waals surface area contributed by atoms with Crippen molar-refractivity contribution in [2.75, 3.05) is 6.54 Å². The van der Waals surface area contributed by atoms with Crippen LogP contribution in [-0.4, -0.2) is 18.7 Å². The third kappa shape index (κ3) is 5.23. The molecule has 0 bridgehead atoms. The Labute approximate surface area is 117 Å². The molecule has 2 heteroatoms. The van der Waals surface area contributed by atoms with Crippen LogP contribution in [0.2, 0.25) is 0 Å². The smallest absolute Gasteiger partial charge is 0.119 e. The van der Waals surface area contributed by atoms with E-state index in [1.807, 2.05) is 0 Å². The van der Waals surface area contributed by atoms with Gasteiger partial charge in [-0.05, 0) is 56.3 Å². The summed E-state index contributed by atoms with van der Waals surface area (Å²) >= 11 is 0. The minimum Gasteiger partial charge on any atom is -0.490 e. The van der Waals surface area contributed by atoms with Gasteiger partial charge in [0.05, 0.1) is 6.10 Å². The number of nitrogens with one attached hydrogen (secondary N) is 1. The summed E-state index contributed by atoms with van der Waals surface area (Å²) in [5.74, 6) is 1.05. The second-order valence-corrected chi connectivity index (χ2v) is 5.55. The second-order valence-electron chi connectivity index (χ2n) is 5.55. The van der Waals surface area contributed by atoms with E-state index < -0.39 is 0 Å². The van der Waals surface area contributed by atoms with Gasteiger partial charge in [-0.15, -0.1) is 0 Å². The molecule has 0 heterocycles. The Morgan fingerprint density at radius 3 is 2.79 bits per heavy atom. The molecule has 0 saturated heterocycles. The normalized spacial score (nSPS) is 16.3. The molecule has 1 aliphatic carbocycles. The van der Waals surface area contributed by atoms with Gasteiger partial charge in [-0.3, -0.25) is 0 Å². The third-order valence-electron chi connectivity index (χ3n) is 3.64. The van der Waals surface area contributed by atoms with E-state index in [1.54, 1.807) is 0 Å². The zero-order valence-corrected chi connectivity index (χ0v) is 12.3. The number of hydrogen-bond donors (Lipinski definition) is 1. The highest BCUT2D eigenvalue weighted by molar-refractivity contribution is 5.29. The molecule has 0 aliphatic heterocycles. The van der Waals surface area contributed by atoms with E-state index in [0.717, 1.165) is 18.7 Å². The molecule has 1 unspecified atom stereocenters. The van der Waals surface area contributed by atoms with E-state index in [1.165, 1.54) is 37.7 Å². The minimum absolute atomic E-state index is 0.491. The molecule has 1 aromatic carbocycles. The average molecular weight is 261 g/mol. The summed E-state index contributed by atoms with van der Waals surface area (Å²) in [7, 11) is 0. The standard InChI is InChI=1S/C17H27NO/c1-3-6-15(18-4-2)10-9-14-7-5-8-17(13-14)19-16-11-12-16/h5,7-8,13,15-16,18H,3-4,6,9-12H2,1-2H3. The van der Waals surface area contributed by atoms with Crippen molar-refractivity contribution >= 4 is 0 Å². The van der Waals surface area contributed by atoms with E-state index in [4.69, 9.17) is 4.74 Å².